The van der Waals surface area contributed by atoms with Crippen molar-refractivity contribution in [3.63, 3.8) is 0 Å². The number of ether oxygens (including phenoxy) is 2. The van der Waals surface area contributed by atoms with Gasteiger partial charge in [0.05, 0.1) is 53.3 Å². The standard InChI is InChI=1S/C42H72IN7O7/c1-14-27(6)38(49(11)42(55)36(25(2)3)47-41(54)37(26(4)5)48(9)10)33(56-12)22-35(52)50-21-15-16-32(50)39(57-13)28(7)40(53)45-24-34(51)44-23-30-17-19-31(20-18-30)46-29(8)43/h17-20,25-29,32-33,36-39,46H,14-16,21-24H2,1-13H3,(H,44,51)(H,45,53)(H,47,54)/t27-,28+,29-,32-,33+,36-,37-,38-,39+/m0/s1. The van der Waals surface area contributed by atoms with Crippen LogP contribution in [0.15, 0.2) is 24.3 Å². The SMILES string of the molecule is CC[C@H](C)[C@@H]([C@@H](CC(=O)N1CCC[C@H]1[C@H](OC)[C@@H](C)C(=O)NCC(=O)NCc1ccc(N[C@@H](C)I)cc1)OC)N(C)C(=O)[C@@H](NC(=O)[C@H](C(C)C)N(C)C)C(C)C. The van der Waals surface area contributed by atoms with E-state index in [0.29, 0.717) is 19.5 Å². The van der Waals surface area contributed by atoms with Gasteiger partial charge in [-0.15, -0.1) is 0 Å². The Morgan fingerprint density at radius 1 is 0.895 bits per heavy atom. The zero-order valence-electron chi connectivity index (χ0n) is 36.7. The van der Waals surface area contributed by atoms with E-state index in [1.165, 1.54) is 7.11 Å². The average Bonchev–Trinajstić information content (AvgIpc) is 3.64. The molecule has 1 saturated heterocycles. The molecule has 57 heavy (non-hydrogen) atoms. The predicted molar refractivity (Wildman–Crippen MR) is 234 cm³/mol. The fraction of sp³-hybridized carbons (Fsp3) is 0.738. The number of likely N-dealkylation sites (tertiary alicyclic amines) is 1. The quantitative estimate of drug-likeness (QED) is 0.0715. The Morgan fingerprint density at radius 2 is 1.53 bits per heavy atom. The van der Waals surface area contributed by atoms with Crippen LogP contribution in [-0.2, 0) is 40.0 Å². The van der Waals surface area contributed by atoms with Crippen LogP contribution in [0.4, 0.5) is 5.69 Å². The van der Waals surface area contributed by atoms with Crippen molar-refractivity contribution in [2.45, 2.75) is 128 Å². The highest BCUT2D eigenvalue weighted by Crippen LogP contribution is 2.29. The number of carbonyl (C=O) groups excluding carboxylic acids is 5. The lowest BCUT2D eigenvalue weighted by Crippen LogP contribution is -2.59. The highest BCUT2D eigenvalue weighted by Gasteiger charge is 2.43. The first kappa shape index (κ1) is 50.1. The van der Waals surface area contributed by atoms with Gasteiger partial charge in [0.2, 0.25) is 29.5 Å². The van der Waals surface area contributed by atoms with E-state index in [1.807, 2.05) is 84.8 Å². The molecule has 9 atom stereocenters. The second-order valence-corrected chi connectivity index (χ2v) is 18.3. The van der Waals surface area contributed by atoms with Gasteiger partial charge in [0.1, 0.15) is 6.04 Å². The van der Waals surface area contributed by atoms with E-state index in [9.17, 15) is 24.0 Å². The summed E-state index contributed by atoms with van der Waals surface area (Å²) in [6, 6.07) is 5.81. The number of hydrogen-bond acceptors (Lipinski definition) is 9. The van der Waals surface area contributed by atoms with Crippen LogP contribution in [0.3, 0.4) is 0 Å². The molecule has 0 unspecified atom stereocenters. The zero-order valence-corrected chi connectivity index (χ0v) is 38.8. The van der Waals surface area contributed by atoms with E-state index in [2.05, 4.69) is 50.8 Å². The maximum atomic E-state index is 14.2. The Labute approximate surface area is 355 Å². The van der Waals surface area contributed by atoms with Crippen molar-refractivity contribution >= 4 is 57.8 Å². The molecule has 5 amide bonds. The maximum Gasteiger partial charge on any atom is 0.245 e. The molecule has 0 aromatic heterocycles. The first-order valence-electron chi connectivity index (χ1n) is 20.4. The first-order valence-corrected chi connectivity index (χ1v) is 21.7. The molecule has 1 aromatic rings. The van der Waals surface area contributed by atoms with E-state index in [1.54, 1.807) is 30.9 Å². The average molecular weight is 914 g/mol. The molecule has 1 aliphatic rings. The number of amides is 5. The van der Waals surface area contributed by atoms with E-state index >= 15 is 0 Å². The van der Waals surface area contributed by atoms with E-state index in [-0.39, 0.29) is 70.3 Å². The molecule has 4 N–H and O–H groups in total. The predicted octanol–water partition coefficient (Wildman–Crippen LogP) is 4.26. The summed E-state index contributed by atoms with van der Waals surface area (Å²) in [5.74, 6) is -2.07. The molecule has 0 saturated carbocycles. The third-order valence-corrected chi connectivity index (χ3v) is 11.5. The molecule has 0 aliphatic carbocycles. The van der Waals surface area contributed by atoms with E-state index < -0.39 is 36.3 Å². The summed E-state index contributed by atoms with van der Waals surface area (Å²) in [6.45, 7) is 16.3. The summed E-state index contributed by atoms with van der Waals surface area (Å²) >= 11 is 2.29. The van der Waals surface area contributed by atoms with Crippen molar-refractivity contribution in [1.82, 2.24) is 30.7 Å². The molecule has 0 radical (unpaired) electrons. The van der Waals surface area contributed by atoms with Crippen LogP contribution in [0.5, 0.6) is 0 Å². The van der Waals surface area contributed by atoms with Crippen molar-refractivity contribution in [3.8, 4) is 0 Å². The Hall–Kier alpha value is -3.02. The molecule has 1 aromatic carbocycles. The summed E-state index contributed by atoms with van der Waals surface area (Å²) in [5, 5.41) is 11.9. The number of benzene rings is 1. The van der Waals surface area contributed by atoms with Crippen molar-refractivity contribution in [2.75, 3.05) is 53.8 Å². The monoisotopic (exact) mass is 913 g/mol. The molecule has 14 nitrogen and oxygen atoms in total. The van der Waals surface area contributed by atoms with Gasteiger partial charge in [-0.05, 0) is 69.3 Å². The smallest absolute Gasteiger partial charge is 0.245 e. The van der Waals surface area contributed by atoms with Crippen LogP contribution in [0, 0.1) is 23.7 Å². The molecule has 0 spiro atoms. The maximum absolute atomic E-state index is 14.2. The third-order valence-electron chi connectivity index (χ3n) is 11.2. The zero-order chi connectivity index (χ0) is 43.1. The van der Waals surface area contributed by atoms with E-state index in [4.69, 9.17) is 9.47 Å². The van der Waals surface area contributed by atoms with E-state index in [0.717, 1.165) is 24.1 Å². The molecular formula is C42H72IN7O7. The highest BCUT2D eigenvalue weighted by molar-refractivity contribution is 14.1. The number of methoxy groups -OCH3 is 2. The molecular weight excluding hydrogens is 841 g/mol. The number of anilines is 1. The van der Waals surface area contributed by atoms with Crippen molar-refractivity contribution in [2.24, 2.45) is 23.7 Å². The van der Waals surface area contributed by atoms with Gasteiger partial charge < -0.3 is 40.5 Å². The summed E-state index contributed by atoms with van der Waals surface area (Å²) < 4.78 is 12.2. The molecule has 1 heterocycles. The van der Waals surface area contributed by atoms with Crippen LogP contribution in [0.2, 0.25) is 0 Å². The number of rotatable bonds is 23. The Bertz CT molecular complexity index is 1440. The Morgan fingerprint density at radius 3 is 2.04 bits per heavy atom. The summed E-state index contributed by atoms with van der Waals surface area (Å²) in [4.78, 5) is 73.1. The second-order valence-electron chi connectivity index (χ2n) is 16.4. The number of likely N-dealkylation sites (N-methyl/N-ethyl adjacent to an activating group) is 2. The summed E-state index contributed by atoms with van der Waals surface area (Å²) in [6.07, 6.45) is 0.898. The van der Waals surface area contributed by atoms with Gasteiger partial charge in [-0.3, -0.25) is 28.9 Å². The lowest BCUT2D eigenvalue weighted by atomic mass is 9.89. The lowest BCUT2D eigenvalue weighted by molar-refractivity contribution is -0.148. The van der Waals surface area contributed by atoms with Gasteiger partial charge >= 0.3 is 0 Å². The molecule has 1 aliphatic heterocycles. The summed E-state index contributed by atoms with van der Waals surface area (Å²) in [7, 11) is 8.53. The second kappa shape index (κ2) is 24.2. The number of alkyl halides is 1. The minimum atomic E-state index is -0.767. The van der Waals surface area contributed by atoms with Crippen molar-refractivity contribution in [3.05, 3.63) is 29.8 Å². The van der Waals surface area contributed by atoms with Gasteiger partial charge in [0.15, 0.2) is 0 Å². The number of nitrogens with one attached hydrogen (secondary N) is 4. The molecule has 324 valence electrons. The lowest BCUT2D eigenvalue weighted by Gasteiger charge is -2.41. The van der Waals surface area contributed by atoms with Crippen molar-refractivity contribution in [1.29, 1.82) is 0 Å². The Balaban J connectivity index is 2.13. The van der Waals surface area contributed by atoms with Gasteiger partial charge in [-0.25, -0.2) is 0 Å². The number of hydrogen-bond donors (Lipinski definition) is 4. The van der Waals surface area contributed by atoms with Crippen LogP contribution >= 0.6 is 22.6 Å². The molecule has 1 fully saturated rings. The molecule has 0 bridgehead atoms. The van der Waals surface area contributed by atoms with Crippen molar-refractivity contribution < 1.29 is 33.4 Å². The highest BCUT2D eigenvalue weighted by atomic mass is 127. The fourth-order valence-corrected chi connectivity index (χ4v) is 8.31. The number of nitrogens with zero attached hydrogens (tertiary/aromatic N) is 3. The Kier molecular flexibility index (Phi) is 21.2. The topological polar surface area (TPSA) is 162 Å². The van der Waals surface area contributed by atoms with Gasteiger partial charge in [-0.2, -0.15) is 0 Å². The summed E-state index contributed by atoms with van der Waals surface area (Å²) in [5.41, 5.74) is 1.93. The number of carbonyl (C=O) groups is 5. The van der Waals surface area contributed by atoms with Crippen LogP contribution in [-0.4, -0.2) is 133 Å². The van der Waals surface area contributed by atoms with Gasteiger partial charge in [-0.1, -0.05) is 89.6 Å². The fourth-order valence-electron chi connectivity index (χ4n) is 7.95. The van der Waals surface area contributed by atoms with Gasteiger partial charge in [0, 0.05) is 40.0 Å². The number of halogens is 1. The van der Waals surface area contributed by atoms with Gasteiger partial charge in [0.25, 0.3) is 0 Å². The molecule has 2 rings (SSSR count). The van der Waals surface area contributed by atoms with Crippen LogP contribution < -0.4 is 21.3 Å². The molecule has 15 heteroatoms. The van der Waals surface area contributed by atoms with Crippen LogP contribution in [0.25, 0.3) is 0 Å². The minimum Gasteiger partial charge on any atom is -0.379 e. The third kappa shape index (κ3) is 14.6. The van der Waals surface area contributed by atoms with Crippen LogP contribution in [0.1, 0.15) is 86.6 Å². The first-order chi connectivity index (χ1) is 26.8. The minimum absolute atomic E-state index is 0.0161. The largest absolute Gasteiger partial charge is 0.379 e. The normalized spacial score (nSPS) is 18.6.